The van der Waals surface area contributed by atoms with Gasteiger partial charge in [0, 0.05) is 36.2 Å². The van der Waals surface area contributed by atoms with Crippen LogP contribution in [0.15, 0.2) is 60.8 Å². The van der Waals surface area contributed by atoms with E-state index in [4.69, 9.17) is 9.47 Å². The first-order valence-electron chi connectivity index (χ1n) is 10.0. The number of esters is 1. The van der Waals surface area contributed by atoms with Crippen LogP contribution in [0.1, 0.15) is 17.3 Å². The zero-order valence-electron chi connectivity index (χ0n) is 16.9. The minimum absolute atomic E-state index is 0.285. The van der Waals surface area contributed by atoms with Crippen LogP contribution >= 0.6 is 0 Å². The fourth-order valence-corrected chi connectivity index (χ4v) is 3.28. The molecule has 7 heteroatoms. The third-order valence-corrected chi connectivity index (χ3v) is 4.82. The van der Waals surface area contributed by atoms with Crippen molar-refractivity contribution in [1.29, 1.82) is 0 Å². The average Bonchev–Trinajstić information content (AvgIpc) is 2.81. The van der Waals surface area contributed by atoms with Gasteiger partial charge < -0.3 is 19.7 Å². The predicted octanol–water partition coefficient (Wildman–Crippen LogP) is 3.90. The summed E-state index contributed by atoms with van der Waals surface area (Å²) in [5.41, 5.74) is 3.14. The molecule has 7 nitrogen and oxygen atoms in total. The number of rotatable bonds is 6. The second kappa shape index (κ2) is 9.37. The molecule has 154 valence electrons. The van der Waals surface area contributed by atoms with E-state index in [0.717, 1.165) is 43.2 Å². The summed E-state index contributed by atoms with van der Waals surface area (Å²) in [7, 11) is 0. The molecule has 0 bridgehead atoms. The first-order chi connectivity index (χ1) is 14.7. The van der Waals surface area contributed by atoms with Crippen LogP contribution in [-0.2, 0) is 9.47 Å². The Kier molecular flexibility index (Phi) is 6.20. The quantitative estimate of drug-likeness (QED) is 0.625. The van der Waals surface area contributed by atoms with Gasteiger partial charge in [-0.2, -0.15) is 0 Å². The van der Waals surface area contributed by atoms with E-state index in [1.54, 1.807) is 6.92 Å². The van der Waals surface area contributed by atoms with Crippen molar-refractivity contribution in [3.63, 3.8) is 0 Å². The molecule has 0 radical (unpaired) electrons. The Morgan fingerprint density at radius 1 is 1.10 bits per heavy atom. The van der Waals surface area contributed by atoms with Crippen molar-refractivity contribution in [2.45, 2.75) is 6.92 Å². The van der Waals surface area contributed by atoms with E-state index in [0.29, 0.717) is 17.2 Å². The minimum Gasteiger partial charge on any atom is -0.462 e. The summed E-state index contributed by atoms with van der Waals surface area (Å²) < 4.78 is 10.6. The highest BCUT2D eigenvalue weighted by molar-refractivity contribution is 5.95. The summed E-state index contributed by atoms with van der Waals surface area (Å²) in [5.74, 6) is 0.502. The van der Waals surface area contributed by atoms with E-state index in [-0.39, 0.29) is 6.61 Å². The Labute approximate surface area is 175 Å². The number of ether oxygens (including phenoxy) is 2. The summed E-state index contributed by atoms with van der Waals surface area (Å²) in [5, 5.41) is 3.26. The third-order valence-electron chi connectivity index (χ3n) is 4.82. The Morgan fingerprint density at radius 3 is 2.53 bits per heavy atom. The molecular formula is C23H24N4O3. The second-order valence-corrected chi connectivity index (χ2v) is 6.81. The van der Waals surface area contributed by atoms with Gasteiger partial charge in [0.2, 0.25) is 0 Å². The highest BCUT2D eigenvalue weighted by Gasteiger charge is 2.17. The maximum absolute atomic E-state index is 12.4. The molecule has 3 aromatic rings. The van der Waals surface area contributed by atoms with Gasteiger partial charge in [0.1, 0.15) is 11.4 Å². The number of carbonyl (C=O) groups is 1. The van der Waals surface area contributed by atoms with E-state index >= 15 is 0 Å². The number of morpholine rings is 1. The fraction of sp³-hybridized carbons (Fsp3) is 0.261. The molecule has 30 heavy (non-hydrogen) atoms. The van der Waals surface area contributed by atoms with Crippen molar-refractivity contribution in [2.75, 3.05) is 43.1 Å². The van der Waals surface area contributed by atoms with E-state index in [1.807, 2.05) is 42.5 Å². The molecule has 4 rings (SSSR count). The topological polar surface area (TPSA) is 76.6 Å². The lowest BCUT2D eigenvalue weighted by atomic mass is 10.2. The smallest absolute Gasteiger partial charge is 0.343 e. The van der Waals surface area contributed by atoms with Crippen molar-refractivity contribution < 1.29 is 14.3 Å². The largest absolute Gasteiger partial charge is 0.462 e. The first-order valence-corrected chi connectivity index (χ1v) is 10.0. The molecule has 0 atom stereocenters. The molecule has 0 unspecified atom stereocenters. The molecule has 1 aliphatic rings. The lowest BCUT2D eigenvalue weighted by molar-refractivity contribution is 0.0526. The Balaban J connectivity index is 1.61. The van der Waals surface area contributed by atoms with Gasteiger partial charge in [-0.3, -0.25) is 0 Å². The zero-order chi connectivity index (χ0) is 20.8. The molecule has 0 aliphatic carbocycles. The monoisotopic (exact) mass is 404 g/mol. The van der Waals surface area contributed by atoms with Gasteiger partial charge in [-0.05, 0) is 31.2 Å². The molecule has 2 heterocycles. The minimum atomic E-state index is -0.454. The van der Waals surface area contributed by atoms with Crippen molar-refractivity contribution >= 4 is 23.2 Å². The van der Waals surface area contributed by atoms with Crippen molar-refractivity contribution in [1.82, 2.24) is 9.97 Å². The molecule has 2 aromatic carbocycles. The van der Waals surface area contributed by atoms with E-state index in [2.05, 4.69) is 32.3 Å². The number of nitrogens with one attached hydrogen (secondary N) is 1. The number of hydrogen-bond donors (Lipinski definition) is 1. The summed E-state index contributed by atoms with van der Waals surface area (Å²) in [6.07, 6.45) is 1.51. The summed E-state index contributed by atoms with van der Waals surface area (Å²) in [4.78, 5) is 23.7. The van der Waals surface area contributed by atoms with E-state index < -0.39 is 5.97 Å². The fourth-order valence-electron chi connectivity index (χ4n) is 3.28. The summed E-state index contributed by atoms with van der Waals surface area (Å²) in [6.45, 7) is 5.30. The number of carbonyl (C=O) groups excluding carboxylic acids is 1. The van der Waals surface area contributed by atoms with Crippen LogP contribution < -0.4 is 10.2 Å². The highest BCUT2D eigenvalue weighted by atomic mass is 16.5. The molecule has 1 aliphatic heterocycles. The molecule has 0 amide bonds. The van der Waals surface area contributed by atoms with E-state index in [9.17, 15) is 4.79 Å². The van der Waals surface area contributed by atoms with Gasteiger partial charge in [0.25, 0.3) is 0 Å². The SMILES string of the molecule is CCOC(=O)c1cnc(-c2ccccc2)nc1Nc1ccc(N2CCOCC2)cc1. The van der Waals surface area contributed by atoms with Gasteiger partial charge in [-0.15, -0.1) is 0 Å². The second-order valence-electron chi connectivity index (χ2n) is 6.81. The maximum Gasteiger partial charge on any atom is 0.343 e. The maximum atomic E-state index is 12.4. The Morgan fingerprint density at radius 2 is 1.83 bits per heavy atom. The Hall–Kier alpha value is -3.45. The number of nitrogens with zero attached hydrogens (tertiary/aromatic N) is 3. The van der Waals surface area contributed by atoms with Crippen LogP contribution in [0.3, 0.4) is 0 Å². The molecule has 1 saturated heterocycles. The number of benzene rings is 2. The summed E-state index contributed by atoms with van der Waals surface area (Å²) in [6, 6.07) is 17.7. The molecule has 1 aromatic heterocycles. The molecular weight excluding hydrogens is 380 g/mol. The number of anilines is 3. The van der Waals surface area contributed by atoms with Crippen LogP contribution in [0.25, 0.3) is 11.4 Å². The van der Waals surface area contributed by atoms with Crippen molar-refractivity contribution in [3.8, 4) is 11.4 Å². The lowest BCUT2D eigenvalue weighted by Crippen LogP contribution is -2.36. The van der Waals surface area contributed by atoms with Crippen molar-refractivity contribution in [2.24, 2.45) is 0 Å². The van der Waals surface area contributed by atoms with Gasteiger partial charge in [0.15, 0.2) is 5.82 Å². The first kappa shape index (κ1) is 19.8. The molecule has 0 spiro atoms. The standard InChI is InChI=1S/C23H24N4O3/c1-2-30-23(28)20-16-24-21(17-6-4-3-5-7-17)26-22(20)25-18-8-10-19(11-9-18)27-12-14-29-15-13-27/h3-11,16H,2,12-15H2,1H3,(H,24,25,26). The van der Waals surface area contributed by atoms with Gasteiger partial charge >= 0.3 is 5.97 Å². The average molecular weight is 404 g/mol. The molecule has 0 saturated carbocycles. The number of hydrogen-bond acceptors (Lipinski definition) is 7. The van der Waals surface area contributed by atoms with Crippen LogP contribution in [0.5, 0.6) is 0 Å². The van der Waals surface area contributed by atoms with Crippen LogP contribution in [-0.4, -0.2) is 48.8 Å². The van der Waals surface area contributed by atoms with Gasteiger partial charge in [0.05, 0.1) is 19.8 Å². The predicted molar refractivity (Wildman–Crippen MR) is 116 cm³/mol. The van der Waals surface area contributed by atoms with Crippen LogP contribution in [0.2, 0.25) is 0 Å². The van der Waals surface area contributed by atoms with Gasteiger partial charge in [-0.25, -0.2) is 14.8 Å². The third kappa shape index (κ3) is 4.58. The van der Waals surface area contributed by atoms with E-state index in [1.165, 1.54) is 6.20 Å². The van der Waals surface area contributed by atoms with Crippen LogP contribution in [0.4, 0.5) is 17.2 Å². The van der Waals surface area contributed by atoms with Gasteiger partial charge in [-0.1, -0.05) is 30.3 Å². The highest BCUT2D eigenvalue weighted by Crippen LogP contribution is 2.25. The van der Waals surface area contributed by atoms with Crippen LogP contribution in [0, 0.1) is 0 Å². The number of aromatic nitrogens is 2. The van der Waals surface area contributed by atoms with Crippen molar-refractivity contribution in [3.05, 3.63) is 66.4 Å². The molecule has 1 N–H and O–H groups in total. The summed E-state index contributed by atoms with van der Waals surface area (Å²) >= 11 is 0. The normalized spacial score (nSPS) is 13.7. The lowest BCUT2D eigenvalue weighted by Gasteiger charge is -2.28. The Bertz CT molecular complexity index is 987. The molecule has 1 fully saturated rings. The zero-order valence-corrected chi connectivity index (χ0v) is 16.9.